The number of hydrogen-bond donors (Lipinski definition) is 1. The van der Waals surface area contributed by atoms with E-state index < -0.39 is 24.2 Å². The highest BCUT2D eigenvalue weighted by atomic mass is 32.1. The summed E-state index contributed by atoms with van der Waals surface area (Å²) in [6.07, 6.45) is 0.107. The molecule has 0 fully saturated rings. The third kappa shape index (κ3) is 4.07. The van der Waals surface area contributed by atoms with Crippen LogP contribution in [-0.4, -0.2) is 11.1 Å². The van der Waals surface area contributed by atoms with Crippen molar-refractivity contribution in [2.24, 2.45) is 5.92 Å². The zero-order valence-electron chi connectivity index (χ0n) is 9.87. The molecule has 2 nitrogen and oxygen atoms in total. The van der Waals surface area contributed by atoms with Crippen molar-refractivity contribution in [2.75, 3.05) is 0 Å². The first-order chi connectivity index (χ1) is 7.85. The van der Waals surface area contributed by atoms with Gasteiger partial charge in [-0.1, -0.05) is 13.8 Å². The summed E-state index contributed by atoms with van der Waals surface area (Å²) in [6, 6.07) is 3.15. The predicted octanol–water partition coefficient (Wildman–Crippen LogP) is 3.90. The Morgan fingerprint density at radius 1 is 1.53 bits per heavy atom. The summed E-state index contributed by atoms with van der Waals surface area (Å²) < 4.78 is 27.6. The van der Waals surface area contributed by atoms with Gasteiger partial charge >= 0.3 is 5.97 Å². The first-order valence-electron chi connectivity index (χ1n) is 5.54. The van der Waals surface area contributed by atoms with Crippen molar-refractivity contribution in [3.8, 4) is 0 Å². The van der Waals surface area contributed by atoms with E-state index in [1.807, 2.05) is 6.92 Å². The lowest BCUT2D eigenvalue weighted by Gasteiger charge is -2.18. The minimum atomic E-state index is -2.92. The van der Waals surface area contributed by atoms with Gasteiger partial charge in [0, 0.05) is 17.7 Å². The first-order valence-corrected chi connectivity index (χ1v) is 6.35. The highest BCUT2D eigenvalue weighted by Gasteiger charge is 2.35. The maximum absolute atomic E-state index is 13.8. The molecule has 96 valence electrons. The SMILES string of the molecule is CCc1ccc(C(F)(F)CC(C)CC(=O)O)s1. The van der Waals surface area contributed by atoms with Crippen molar-refractivity contribution in [3.05, 3.63) is 21.9 Å². The van der Waals surface area contributed by atoms with Gasteiger partial charge in [0.1, 0.15) is 0 Å². The van der Waals surface area contributed by atoms with Crippen molar-refractivity contribution in [3.63, 3.8) is 0 Å². The second-order valence-electron chi connectivity index (χ2n) is 4.23. The highest BCUT2D eigenvalue weighted by Crippen LogP contribution is 2.39. The van der Waals surface area contributed by atoms with Gasteiger partial charge in [0.05, 0.1) is 4.88 Å². The van der Waals surface area contributed by atoms with E-state index in [0.717, 1.165) is 22.6 Å². The molecular weight excluding hydrogens is 246 g/mol. The normalized spacial score (nSPS) is 13.6. The fourth-order valence-electron chi connectivity index (χ4n) is 1.67. The average molecular weight is 262 g/mol. The molecule has 0 aliphatic rings. The molecule has 0 aromatic carbocycles. The molecule has 1 atom stereocenters. The van der Waals surface area contributed by atoms with Crippen molar-refractivity contribution >= 4 is 17.3 Å². The molecule has 1 aromatic heterocycles. The van der Waals surface area contributed by atoms with Crippen LogP contribution >= 0.6 is 11.3 Å². The quantitative estimate of drug-likeness (QED) is 0.844. The van der Waals surface area contributed by atoms with Crippen LogP contribution in [0.1, 0.15) is 36.4 Å². The zero-order chi connectivity index (χ0) is 13.1. The lowest BCUT2D eigenvalue weighted by atomic mass is 9.99. The van der Waals surface area contributed by atoms with E-state index in [4.69, 9.17) is 5.11 Å². The molecule has 1 rings (SSSR count). The van der Waals surface area contributed by atoms with E-state index in [2.05, 4.69) is 0 Å². The Labute approximate surface area is 103 Å². The Bertz CT molecular complexity index is 388. The Balaban J connectivity index is 2.70. The number of thiophene rings is 1. The first kappa shape index (κ1) is 14.1. The summed E-state index contributed by atoms with van der Waals surface area (Å²) in [4.78, 5) is 11.4. The number of carbonyl (C=O) groups is 1. The van der Waals surface area contributed by atoms with Crippen LogP contribution in [0.25, 0.3) is 0 Å². The molecule has 1 aromatic rings. The summed E-state index contributed by atoms with van der Waals surface area (Å²) in [6.45, 7) is 3.46. The summed E-state index contributed by atoms with van der Waals surface area (Å²) in [7, 11) is 0. The number of aryl methyl sites for hydroxylation is 1. The van der Waals surface area contributed by atoms with E-state index >= 15 is 0 Å². The average Bonchev–Trinajstić information content (AvgIpc) is 2.63. The minimum absolute atomic E-state index is 0.0339. The van der Waals surface area contributed by atoms with Crippen LogP contribution in [0.15, 0.2) is 12.1 Å². The molecule has 0 amide bonds. The van der Waals surface area contributed by atoms with Gasteiger partial charge in [-0.15, -0.1) is 11.3 Å². The zero-order valence-corrected chi connectivity index (χ0v) is 10.7. The summed E-state index contributed by atoms with van der Waals surface area (Å²) in [5.41, 5.74) is 0. The fraction of sp³-hybridized carbons (Fsp3) is 0.583. The van der Waals surface area contributed by atoms with E-state index in [1.165, 1.54) is 13.0 Å². The number of carboxylic acid groups (broad SMARTS) is 1. The molecule has 0 saturated heterocycles. The Morgan fingerprint density at radius 2 is 2.18 bits per heavy atom. The molecule has 17 heavy (non-hydrogen) atoms. The fourth-order valence-corrected chi connectivity index (χ4v) is 2.60. The number of alkyl halides is 2. The van der Waals surface area contributed by atoms with Crippen LogP contribution in [0.5, 0.6) is 0 Å². The molecule has 1 unspecified atom stereocenters. The van der Waals surface area contributed by atoms with E-state index in [-0.39, 0.29) is 11.3 Å². The van der Waals surface area contributed by atoms with Gasteiger partial charge in [-0.05, 0) is 24.5 Å². The van der Waals surface area contributed by atoms with Crippen molar-refractivity contribution < 1.29 is 18.7 Å². The van der Waals surface area contributed by atoms with Crippen molar-refractivity contribution in [2.45, 2.75) is 39.0 Å². The summed E-state index contributed by atoms with van der Waals surface area (Å²) >= 11 is 1.10. The molecule has 0 radical (unpaired) electrons. The Hall–Kier alpha value is -0.970. The van der Waals surface area contributed by atoms with Gasteiger partial charge in [0.2, 0.25) is 0 Å². The molecule has 0 aliphatic heterocycles. The van der Waals surface area contributed by atoms with Gasteiger partial charge in [-0.25, -0.2) is 8.78 Å². The van der Waals surface area contributed by atoms with Gasteiger partial charge in [0.25, 0.3) is 5.92 Å². The van der Waals surface area contributed by atoms with Gasteiger partial charge in [0.15, 0.2) is 0 Å². The van der Waals surface area contributed by atoms with E-state index in [1.54, 1.807) is 6.07 Å². The van der Waals surface area contributed by atoms with Crippen LogP contribution in [-0.2, 0) is 17.1 Å². The third-order valence-electron chi connectivity index (χ3n) is 2.50. The van der Waals surface area contributed by atoms with Crippen LogP contribution in [0.2, 0.25) is 0 Å². The molecular formula is C12H16F2O2S. The van der Waals surface area contributed by atoms with Gasteiger partial charge in [-0.3, -0.25) is 4.79 Å². The molecule has 0 saturated carbocycles. The Morgan fingerprint density at radius 3 is 2.65 bits per heavy atom. The summed E-state index contributed by atoms with van der Waals surface area (Å²) in [5.74, 6) is -4.49. The van der Waals surface area contributed by atoms with Gasteiger partial charge in [-0.2, -0.15) is 0 Å². The van der Waals surface area contributed by atoms with Crippen LogP contribution in [0.3, 0.4) is 0 Å². The maximum Gasteiger partial charge on any atom is 0.303 e. The largest absolute Gasteiger partial charge is 0.481 e. The topological polar surface area (TPSA) is 37.3 Å². The number of carboxylic acids is 1. The smallest absolute Gasteiger partial charge is 0.303 e. The number of aliphatic carboxylic acids is 1. The number of rotatable bonds is 6. The molecule has 5 heteroatoms. The summed E-state index contributed by atoms with van der Waals surface area (Å²) in [5, 5.41) is 8.55. The number of hydrogen-bond acceptors (Lipinski definition) is 2. The monoisotopic (exact) mass is 262 g/mol. The minimum Gasteiger partial charge on any atom is -0.481 e. The van der Waals surface area contributed by atoms with E-state index in [0.29, 0.717) is 0 Å². The second-order valence-corrected chi connectivity index (χ2v) is 5.40. The number of halogens is 2. The third-order valence-corrected chi connectivity index (χ3v) is 3.84. The van der Waals surface area contributed by atoms with Gasteiger partial charge < -0.3 is 5.11 Å². The van der Waals surface area contributed by atoms with Crippen molar-refractivity contribution in [1.29, 1.82) is 0 Å². The molecule has 0 bridgehead atoms. The van der Waals surface area contributed by atoms with Crippen LogP contribution < -0.4 is 0 Å². The second kappa shape index (κ2) is 5.58. The van der Waals surface area contributed by atoms with Crippen LogP contribution in [0, 0.1) is 5.92 Å². The highest BCUT2D eigenvalue weighted by molar-refractivity contribution is 7.12. The van der Waals surface area contributed by atoms with E-state index in [9.17, 15) is 13.6 Å². The molecule has 1 heterocycles. The standard InChI is InChI=1S/C12H16F2O2S/c1-3-9-4-5-10(17-9)12(13,14)7-8(2)6-11(15)16/h4-5,8H,3,6-7H2,1-2H3,(H,15,16). The predicted molar refractivity (Wildman–Crippen MR) is 63.6 cm³/mol. The Kier molecular flexibility index (Phi) is 4.62. The molecule has 0 spiro atoms. The van der Waals surface area contributed by atoms with Crippen molar-refractivity contribution in [1.82, 2.24) is 0 Å². The lowest BCUT2D eigenvalue weighted by Crippen LogP contribution is -2.17. The van der Waals surface area contributed by atoms with Crippen LogP contribution in [0.4, 0.5) is 8.78 Å². The molecule has 0 aliphatic carbocycles. The lowest BCUT2D eigenvalue weighted by molar-refractivity contribution is -0.138. The maximum atomic E-state index is 13.8. The molecule has 1 N–H and O–H groups in total.